The van der Waals surface area contributed by atoms with Gasteiger partial charge in [0.25, 0.3) is 0 Å². The molecule has 1 amide bonds. The maximum absolute atomic E-state index is 12.8. The fourth-order valence-electron chi connectivity index (χ4n) is 3.95. The standard InChI is InChI=1S/C23H22BrN5O2/c24-18-5-3-4-16(12-18)23-27-26-21(31-23)15-28-8-10-29(11-9-28)22(30)13-17-14-25-20-7-2-1-6-19(17)20/h1-7,12,14,25H,8-11,13,15H2. The predicted octanol–water partition coefficient (Wildman–Crippen LogP) is 3.87. The molecule has 3 heterocycles. The summed E-state index contributed by atoms with van der Waals surface area (Å²) in [7, 11) is 0. The summed E-state index contributed by atoms with van der Waals surface area (Å²) in [6.07, 6.45) is 2.36. The largest absolute Gasteiger partial charge is 0.419 e. The van der Waals surface area contributed by atoms with Crippen molar-refractivity contribution in [3.8, 4) is 11.5 Å². The Hall–Kier alpha value is -2.97. The average molecular weight is 480 g/mol. The molecule has 1 aliphatic heterocycles. The highest BCUT2D eigenvalue weighted by molar-refractivity contribution is 9.10. The van der Waals surface area contributed by atoms with Crippen LogP contribution in [0.3, 0.4) is 0 Å². The van der Waals surface area contributed by atoms with Gasteiger partial charge in [0.2, 0.25) is 17.7 Å². The second-order valence-electron chi connectivity index (χ2n) is 7.70. The molecule has 2 aromatic carbocycles. The van der Waals surface area contributed by atoms with Crippen LogP contribution in [-0.4, -0.2) is 57.1 Å². The van der Waals surface area contributed by atoms with Crippen LogP contribution >= 0.6 is 15.9 Å². The summed E-state index contributed by atoms with van der Waals surface area (Å²) >= 11 is 3.46. The number of benzene rings is 2. The monoisotopic (exact) mass is 479 g/mol. The van der Waals surface area contributed by atoms with E-state index in [4.69, 9.17) is 4.42 Å². The minimum atomic E-state index is 0.166. The maximum Gasteiger partial charge on any atom is 0.247 e. The van der Waals surface area contributed by atoms with Crippen LogP contribution in [0.4, 0.5) is 0 Å². The smallest absolute Gasteiger partial charge is 0.247 e. The van der Waals surface area contributed by atoms with E-state index in [1.54, 1.807) is 0 Å². The molecule has 1 saturated heterocycles. The number of nitrogens with one attached hydrogen (secondary N) is 1. The summed E-state index contributed by atoms with van der Waals surface area (Å²) in [5.41, 5.74) is 3.01. The first-order valence-corrected chi connectivity index (χ1v) is 11.1. The lowest BCUT2D eigenvalue weighted by Gasteiger charge is -2.34. The van der Waals surface area contributed by atoms with Gasteiger partial charge in [0.1, 0.15) is 0 Å². The van der Waals surface area contributed by atoms with E-state index in [1.165, 1.54) is 0 Å². The van der Waals surface area contributed by atoms with Crippen LogP contribution in [0.25, 0.3) is 22.4 Å². The van der Waals surface area contributed by atoms with Gasteiger partial charge in [-0.15, -0.1) is 10.2 Å². The van der Waals surface area contributed by atoms with Gasteiger partial charge in [-0.25, -0.2) is 0 Å². The van der Waals surface area contributed by atoms with Gasteiger partial charge in [-0.3, -0.25) is 9.69 Å². The topological polar surface area (TPSA) is 78.3 Å². The summed E-state index contributed by atoms with van der Waals surface area (Å²) in [5.74, 6) is 1.27. The molecule has 5 rings (SSSR count). The second-order valence-corrected chi connectivity index (χ2v) is 8.62. The molecule has 31 heavy (non-hydrogen) atoms. The minimum Gasteiger partial charge on any atom is -0.419 e. The number of hydrogen-bond acceptors (Lipinski definition) is 5. The SMILES string of the molecule is O=C(Cc1c[nH]c2ccccc12)N1CCN(Cc2nnc(-c3cccc(Br)c3)o2)CC1. The lowest BCUT2D eigenvalue weighted by atomic mass is 10.1. The first-order chi connectivity index (χ1) is 15.2. The minimum absolute atomic E-state index is 0.166. The molecule has 4 aromatic rings. The van der Waals surface area contributed by atoms with Crippen LogP contribution < -0.4 is 0 Å². The van der Waals surface area contributed by atoms with Crippen LogP contribution in [0.5, 0.6) is 0 Å². The van der Waals surface area contributed by atoms with Gasteiger partial charge in [-0.1, -0.05) is 40.2 Å². The summed E-state index contributed by atoms with van der Waals surface area (Å²) in [6.45, 7) is 3.57. The molecule has 0 bridgehead atoms. The van der Waals surface area contributed by atoms with Crippen LogP contribution in [0.2, 0.25) is 0 Å². The van der Waals surface area contributed by atoms with E-state index in [0.717, 1.165) is 39.6 Å². The molecule has 0 aliphatic carbocycles. The molecule has 0 unspecified atom stereocenters. The summed E-state index contributed by atoms with van der Waals surface area (Å²) in [4.78, 5) is 20.2. The third kappa shape index (κ3) is 4.40. The van der Waals surface area contributed by atoms with Crippen molar-refractivity contribution in [1.29, 1.82) is 0 Å². The molecular formula is C23H22BrN5O2. The van der Waals surface area contributed by atoms with Crippen molar-refractivity contribution in [2.45, 2.75) is 13.0 Å². The van der Waals surface area contributed by atoms with E-state index < -0.39 is 0 Å². The fraction of sp³-hybridized carbons (Fsp3) is 0.261. The van der Waals surface area contributed by atoms with Crippen LogP contribution in [0.1, 0.15) is 11.5 Å². The van der Waals surface area contributed by atoms with Gasteiger partial charge in [-0.05, 0) is 29.8 Å². The highest BCUT2D eigenvalue weighted by Gasteiger charge is 2.23. The molecule has 1 fully saturated rings. The summed E-state index contributed by atoms with van der Waals surface area (Å²) < 4.78 is 6.81. The van der Waals surface area contributed by atoms with Crippen molar-refractivity contribution in [3.63, 3.8) is 0 Å². The third-order valence-electron chi connectivity index (χ3n) is 5.64. The predicted molar refractivity (Wildman–Crippen MR) is 121 cm³/mol. The molecule has 2 aromatic heterocycles. The quantitative estimate of drug-likeness (QED) is 0.470. The zero-order chi connectivity index (χ0) is 21.2. The second kappa shape index (κ2) is 8.64. The number of piperazine rings is 1. The highest BCUT2D eigenvalue weighted by atomic mass is 79.9. The van der Waals surface area contributed by atoms with Crippen molar-refractivity contribution in [1.82, 2.24) is 25.0 Å². The number of para-hydroxylation sites is 1. The lowest BCUT2D eigenvalue weighted by molar-refractivity contribution is -0.132. The highest BCUT2D eigenvalue weighted by Crippen LogP contribution is 2.23. The van der Waals surface area contributed by atoms with Crippen molar-refractivity contribution in [2.24, 2.45) is 0 Å². The van der Waals surface area contributed by atoms with Gasteiger partial charge in [0.05, 0.1) is 13.0 Å². The van der Waals surface area contributed by atoms with Crippen LogP contribution in [-0.2, 0) is 17.8 Å². The van der Waals surface area contributed by atoms with Gasteiger partial charge < -0.3 is 14.3 Å². The number of H-pyrrole nitrogens is 1. The molecule has 8 heteroatoms. The zero-order valence-corrected chi connectivity index (χ0v) is 18.5. The normalized spacial score (nSPS) is 14.9. The van der Waals surface area contributed by atoms with Crippen molar-refractivity contribution in [3.05, 3.63) is 70.7 Å². The number of fused-ring (bicyclic) bond motifs is 1. The van der Waals surface area contributed by atoms with E-state index in [2.05, 4.69) is 42.1 Å². The number of aromatic amines is 1. The van der Waals surface area contributed by atoms with Crippen LogP contribution in [0, 0.1) is 0 Å². The van der Waals surface area contributed by atoms with Gasteiger partial charge in [0.15, 0.2) is 0 Å². The van der Waals surface area contributed by atoms with Crippen molar-refractivity contribution >= 4 is 32.7 Å². The maximum atomic E-state index is 12.8. The van der Waals surface area contributed by atoms with E-state index in [0.29, 0.717) is 37.8 Å². The first kappa shape index (κ1) is 20.0. The van der Waals surface area contributed by atoms with E-state index >= 15 is 0 Å². The van der Waals surface area contributed by atoms with Gasteiger partial charge >= 0.3 is 0 Å². The van der Waals surface area contributed by atoms with Crippen molar-refractivity contribution in [2.75, 3.05) is 26.2 Å². The van der Waals surface area contributed by atoms with Gasteiger partial charge in [-0.2, -0.15) is 0 Å². The fourth-order valence-corrected chi connectivity index (χ4v) is 4.35. The molecule has 0 radical (unpaired) electrons. The molecule has 1 aliphatic rings. The molecule has 0 atom stereocenters. The number of halogens is 1. The van der Waals surface area contributed by atoms with E-state index in [-0.39, 0.29) is 5.91 Å². The Morgan fingerprint density at radius 2 is 1.90 bits per heavy atom. The Morgan fingerprint density at radius 3 is 2.74 bits per heavy atom. The molecule has 0 saturated carbocycles. The Bertz CT molecular complexity index is 1210. The van der Waals surface area contributed by atoms with E-state index in [1.807, 2.05) is 53.6 Å². The lowest BCUT2D eigenvalue weighted by Crippen LogP contribution is -2.48. The first-order valence-electron chi connectivity index (χ1n) is 10.3. The number of carbonyl (C=O) groups is 1. The number of amides is 1. The van der Waals surface area contributed by atoms with Gasteiger partial charge in [0, 0.05) is 53.3 Å². The van der Waals surface area contributed by atoms with Crippen molar-refractivity contribution < 1.29 is 9.21 Å². The number of aromatic nitrogens is 3. The molecular weight excluding hydrogens is 458 g/mol. The molecule has 158 valence electrons. The number of nitrogens with zero attached hydrogens (tertiary/aromatic N) is 4. The average Bonchev–Trinajstić information content (AvgIpc) is 3.42. The zero-order valence-electron chi connectivity index (χ0n) is 16.9. The Labute approximate surface area is 188 Å². The number of rotatable bonds is 5. The summed E-state index contributed by atoms with van der Waals surface area (Å²) in [6, 6.07) is 15.9. The Morgan fingerprint density at radius 1 is 1.06 bits per heavy atom. The number of hydrogen-bond donors (Lipinski definition) is 1. The molecule has 7 nitrogen and oxygen atoms in total. The van der Waals surface area contributed by atoms with E-state index in [9.17, 15) is 4.79 Å². The molecule has 0 spiro atoms. The third-order valence-corrected chi connectivity index (χ3v) is 6.13. The van der Waals surface area contributed by atoms with Crippen LogP contribution in [0.15, 0.2) is 63.6 Å². The Kier molecular flexibility index (Phi) is 5.57. The summed E-state index contributed by atoms with van der Waals surface area (Å²) in [5, 5.41) is 9.48. The molecule has 1 N–H and O–H groups in total. The number of carbonyl (C=O) groups excluding carboxylic acids is 1. The Balaban J connectivity index is 1.16.